The maximum atomic E-state index is 12.0. The summed E-state index contributed by atoms with van der Waals surface area (Å²) in [4.78, 5) is 14.3. The van der Waals surface area contributed by atoms with Gasteiger partial charge >= 0.3 is 0 Å². The highest BCUT2D eigenvalue weighted by Crippen LogP contribution is 2.17. The van der Waals surface area contributed by atoms with Crippen LogP contribution in [0.25, 0.3) is 0 Å². The number of carbonyl (C=O) groups is 1. The first-order valence-electron chi connectivity index (χ1n) is 4.75. The first-order valence-corrected chi connectivity index (χ1v) is 5.63. The quantitative estimate of drug-likeness (QED) is 0.774. The van der Waals surface area contributed by atoms with E-state index >= 15 is 0 Å². The molecule has 1 heterocycles. The molecule has 0 radical (unpaired) electrons. The predicted molar refractivity (Wildman–Crippen MR) is 62.2 cm³/mol. The van der Waals surface area contributed by atoms with Crippen molar-refractivity contribution >= 4 is 17.2 Å². The number of thiophene rings is 1. The molecule has 0 bridgehead atoms. The van der Waals surface area contributed by atoms with Crippen molar-refractivity contribution in [3.8, 4) is 0 Å². The van der Waals surface area contributed by atoms with E-state index in [0.29, 0.717) is 13.1 Å². The average molecular weight is 225 g/mol. The zero-order chi connectivity index (χ0) is 11.3. The normalized spacial score (nSPS) is 10.0. The second-order valence-corrected chi connectivity index (χ2v) is 4.11. The van der Waals surface area contributed by atoms with Crippen molar-refractivity contribution in [3.05, 3.63) is 34.5 Å². The molecule has 0 fully saturated rings. The third-order valence-electron chi connectivity index (χ3n) is 2.06. The molecule has 0 spiro atoms. The molecule has 1 aromatic heterocycles. The van der Waals surface area contributed by atoms with Crippen molar-refractivity contribution in [2.45, 2.75) is 6.92 Å². The fourth-order valence-corrected chi connectivity index (χ4v) is 2.18. The lowest BCUT2D eigenvalue weighted by atomic mass is 10.2. The second kappa shape index (κ2) is 5.68. The van der Waals surface area contributed by atoms with Crippen molar-refractivity contribution in [1.29, 1.82) is 0 Å². The van der Waals surface area contributed by atoms with Crippen molar-refractivity contribution < 1.29 is 9.90 Å². The molecule has 1 rings (SSSR count). The van der Waals surface area contributed by atoms with E-state index in [4.69, 9.17) is 5.11 Å². The van der Waals surface area contributed by atoms with E-state index in [1.54, 1.807) is 11.0 Å². The highest BCUT2D eigenvalue weighted by atomic mass is 32.1. The number of aliphatic hydroxyl groups excluding tert-OH is 1. The number of carbonyl (C=O) groups excluding carboxylic acids is 1. The number of rotatable bonds is 5. The van der Waals surface area contributed by atoms with Gasteiger partial charge in [0.05, 0.1) is 11.5 Å². The van der Waals surface area contributed by atoms with Crippen LogP contribution in [-0.4, -0.2) is 35.6 Å². The third-order valence-corrected chi connectivity index (χ3v) is 3.07. The number of hydrogen-bond donors (Lipinski definition) is 1. The zero-order valence-corrected chi connectivity index (χ0v) is 9.59. The number of hydrogen-bond acceptors (Lipinski definition) is 3. The Hall–Kier alpha value is -1.13. The van der Waals surface area contributed by atoms with E-state index < -0.39 is 0 Å². The van der Waals surface area contributed by atoms with E-state index in [0.717, 1.165) is 10.4 Å². The van der Waals surface area contributed by atoms with E-state index in [1.165, 1.54) is 11.3 Å². The summed E-state index contributed by atoms with van der Waals surface area (Å²) < 4.78 is 0. The van der Waals surface area contributed by atoms with Gasteiger partial charge in [-0.25, -0.2) is 0 Å². The molecule has 0 aliphatic carbocycles. The predicted octanol–water partition coefficient (Wildman–Crippen LogP) is 1.68. The van der Waals surface area contributed by atoms with Gasteiger partial charge in [-0.2, -0.15) is 0 Å². The molecule has 0 saturated carbocycles. The molecule has 1 aromatic rings. The van der Waals surface area contributed by atoms with Gasteiger partial charge in [-0.05, 0) is 23.9 Å². The molecule has 82 valence electrons. The Morgan fingerprint density at radius 2 is 2.47 bits per heavy atom. The Balaban J connectivity index is 2.80. The Morgan fingerprint density at radius 3 is 2.93 bits per heavy atom. The minimum absolute atomic E-state index is 0.0238. The van der Waals surface area contributed by atoms with Crippen LogP contribution in [0.1, 0.15) is 15.2 Å². The number of nitrogens with zero attached hydrogens (tertiary/aromatic N) is 1. The minimum atomic E-state index is -0.0311. The Kier molecular flexibility index (Phi) is 4.52. The molecule has 3 nitrogen and oxygen atoms in total. The Morgan fingerprint density at radius 1 is 1.73 bits per heavy atom. The van der Waals surface area contributed by atoms with Crippen LogP contribution >= 0.6 is 11.3 Å². The molecule has 0 aliphatic heterocycles. The molecule has 0 atom stereocenters. The van der Waals surface area contributed by atoms with Crippen LogP contribution in [-0.2, 0) is 0 Å². The van der Waals surface area contributed by atoms with E-state index in [1.807, 2.05) is 18.4 Å². The zero-order valence-electron chi connectivity index (χ0n) is 8.77. The Labute approximate surface area is 93.7 Å². The third kappa shape index (κ3) is 2.91. The van der Waals surface area contributed by atoms with Crippen LogP contribution in [0.2, 0.25) is 0 Å². The summed E-state index contributed by atoms with van der Waals surface area (Å²) >= 11 is 1.43. The van der Waals surface area contributed by atoms with Crippen molar-refractivity contribution in [2.75, 3.05) is 19.7 Å². The maximum absolute atomic E-state index is 12.0. The molecule has 0 unspecified atom stereocenters. The summed E-state index contributed by atoms with van der Waals surface area (Å²) in [6.45, 7) is 6.30. The molecule has 4 heteroatoms. The highest BCUT2D eigenvalue weighted by Gasteiger charge is 2.16. The highest BCUT2D eigenvalue weighted by molar-refractivity contribution is 7.12. The first kappa shape index (κ1) is 11.9. The lowest BCUT2D eigenvalue weighted by molar-refractivity contribution is 0.0747. The van der Waals surface area contributed by atoms with E-state index in [9.17, 15) is 4.79 Å². The molecule has 1 amide bonds. The van der Waals surface area contributed by atoms with Crippen LogP contribution in [0.3, 0.4) is 0 Å². The largest absolute Gasteiger partial charge is 0.395 e. The van der Waals surface area contributed by atoms with Gasteiger partial charge in [-0.3, -0.25) is 4.79 Å². The topological polar surface area (TPSA) is 40.5 Å². The fraction of sp³-hybridized carbons (Fsp3) is 0.364. The van der Waals surface area contributed by atoms with Crippen LogP contribution < -0.4 is 0 Å². The number of aryl methyl sites for hydroxylation is 1. The summed E-state index contributed by atoms with van der Waals surface area (Å²) in [5, 5.41) is 10.8. The minimum Gasteiger partial charge on any atom is -0.395 e. The van der Waals surface area contributed by atoms with Crippen molar-refractivity contribution in [2.24, 2.45) is 0 Å². The van der Waals surface area contributed by atoms with Crippen LogP contribution in [0, 0.1) is 6.92 Å². The molecule has 0 saturated heterocycles. The Bertz CT molecular complexity index is 346. The van der Waals surface area contributed by atoms with Gasteiger partial charge in [-0.1, -0.05) is 6.08 Å². The maximum Gasteiger partial charge on any atom is 0.264 e. The summed E-state index contributed by atoms with van der Waals surface area (Å²) in [7, 11) is 0. The molecule has 15 heavy (non-hydrogen) atoms. The van der Waals surface area contributed by atoms with Gasteiger partial charge in [0.15, 0.2) is 0 Å². The van der Waals surface area contributed by atoms with Crippen LogP contribution in [0.15, 0.2) is 24.1 Å². The van der Waals surface area contributed by atoms with Crippen LogP contribution in [0.4, 0.5) is 0 Å². The van der Waals surface area contributed by atoms with Gasteiger partial charge in [0.2, 0.25) is 0 Å². The molecular weight excluding hydrogens is 210 g/mol. The summed E-state index contributed by atoms with van der Waals surface area (Å²) in [5.41, 5.74) is 0.983. The monoisotopic (exact) mass is 225 g/mol. The number of amides is 1. The molecule has 0 aliphatic rings. The van der Waals surface area contributed by atoms with Gasteiger partial charge < -0.3 is 10.0 Å². The van der Waals surface area contributed by atoms with Crippen LogP contribution in [0.5, 0.6) is 0 Å². The summed E-state index contributed by atoms with van der Waals surface area (Å²) in [5.74, 6) is -0.0311. The van der Waals surface area contributed by atoms with Gasteiger partial charge in [0.25, 0.3) is 5.91 Å². The molecule has 0 aromatic carbocycles. The summed E-state index contributed by atoms with van der Waals surface area (Å²) in [6.07, 6.45) is 1.66. The number of aliphatic hydroxyl groups is 1. The van der Waals surface area contributed by atoms with Crippen molar-refractivity contribution in [1.82, 2.24) is 4.90 Å². The van der Waals surface area contributed by atoms with E-state index in [-0.39, 0.29) is 12.5 Å². The second-order valence-electron chi connectivity index (χ2n) is 3.20. The lowest BCUT2D eigenvalue weighted by Crippen LogP contribution is -2.33. The molecule has 1 N–H and O–H groups in total. The average Bonchev–Trinajstić information content (AvgIpc) is 2.63. The van der Waals surface area contributed by atoms with Gasteiger partial charge in [-0.15, -0.1) is 17.9 Å². The van der Waals surface area contributed by atoms with Gasteiger partial charge in [0.1, 0.15) is 0 Å². The standard InChI is InChI=1S/C11H15NO2S/c1-3-5-12(6-7-13)11(14)10-9(2)4-8-15-10/h3-4,8,13H,1,5-7H2,2H3. The summed E-state index contributed by atoms with van der Waals surface area (Å²) in [6, 6.07) is 1.92. The smallest absolute Gasteiger partial charge is 0.264 e. The fourth-order valence-electron chi connectivity index (χ4n) is 1.29. The first-order chi connectivity index (χ1) is 7.20. The van der Waals surface area contributed by atoms with Gasteiger partial charge in [0, 0.05) is 13.1 Å². The van der Waals surface area contributed by atoms with E-state index in [2.05, 4.69) is 6.58 Å². The molecular formula is C11H15NO2S. The lowest BCUT2D eigenvalue weighted by Gasteiger charge is -2.19. The SMILES string of the molecule is C=CCN(CCO)C(=O)c1sccc1C. The van der Waals surface area contributed by atoms with Crippen molar-refractivity contribution in [3.63, 3.8) is 0 Å².